The molecule has 1 unspecified atom stereocenters. The predicted molar refractivity (Wildman–Crippen MR) is 97.3 cm³/mol. The van der Waals surface area contributed by atoms with Crippen molar-refractivity contribution in [2.24, 2.45) is 0 Å². The Morgan fingerprint density at radius 3 is 2.71 bits per heavy atom. The molecule has 1 heterocycles. The van der Waals surface area contributed by atoms with E-state index < -0.39 is 0 Å². The van der Waals surface area contributed by atoms with Crippen LogP contribution in [0.3, 0.4) is 0 Å². The van der Waals surface area contributed by atoms with Crippen LogP contribution in [-0.4, -0.2) is 59.8 Å². The van der Waals surface area contributed by atoms with Crippen LogP contribution in [0.15, 0.2) is 24.3 Å². The lowest BCUT2D eigenvalue weighted by Crippen LogP contribution is -2.55. The van der Waals surface area contributed by atoms with Crippen molar-refractivity contribution in [2.45, 2.75) is 57.7 Å². The first-order valence-corrected chi connectivity index (χ1v) is 9.61. The number of piperazine rings is 1. The summed E-state index contributed by atoms with van der Waals surface area (Å²) in [7, 11) is 0. The molecule has 1 saturated heterocycles. The van der Waals surface area contributed by atoms with Gasteiger partial charge >= 0.3 is 0 Å². The molecule has 1 aromatic carbocycles. The van der Waals surface area contributed by atoms with E-state index in [4.69, 9.17) is 4.74 Å². The highest BCUT2D eigenvalue weighted by Gasteiger charge is 2.31. The Morgan fingerprint density at radius 1 is 1.17 bits per heavy atom. The van der Waals surface area contributed by atoms with Gasteiger partial charge in [-0.1, -0.05) is 31.0 Å². The van der Waals surface area contributed by atoms with Crippen molar-refractivity contribution in [3.05, 3.63) is 29.8 Å². The first-order valence-electron chi connectivity index (χ1n) is 9.61. The third kappa shape index (κ3) is 4.29. The monoisotopic (exact) mass is 332 g/mol. The molecule has 3 rings (SSSR count). The molecule has 24 heavy (non-hydrogen) atoms. The fraction of sp³-hybridized carbons (Fsp3) is 0.700. The van der Waals surface area contributed by atoms with Gasteiger partial charge in [0, 0.05) is 50.4 Å². The fourth-order valence-electron chi connectivity index (χ4n) is 4.30. The zero-order valence-electron chi connectivity index (χ0n) is 15.0. The van der Waals surface area contributed by atoms with Crippen molar-refractivity contribution in [3.63, 3.8) is 0 Å². The van der Waals surface area contributed by atoms with Crippen molar-refractivity contribution in [1.82, 2.24) is 9.80 Å². The maximum absolute atomic E-state index is 9.52. The number of aliphatic hydroxyl groups is 1. The zero-order valence-corrected chi connectivity index (χ0v) is 15.0. The maximum Gasteiger partial charge on any atom is 0.123 e. The van der Waals surface area contributed by atoms with Gasteiger partial charge in [-0.05, 0) is 32.3 Å². The van der Waals surface area contributed by atoms with E-state index in [-0.39, 0.29) is 6.61 Å². The standard InChI is InChI=1S/C20H32N2O2/c1-2-24-20-10-6-3-7-17(20)15-21-12-13-22(16-19(21)11-14-23)18-8-4-5-9-18/h3,6-7,10,18-19,23H,2,4-5,8-9,11-16H2,1H3. The van der Waals surface area contributed by atoms with Gasteiger partial charge in [-0.15, -0.1) is 0 Å². The molecule has 1 aliphatic carbocycles. The molecular formula is C20H32N2O2. The molecule has 0 aromatic heterocycles. The molecule has 2 aliphatic rings. The molecule has 4 heteroatoms. The molecule has 134 valence electrons. The first-order chi connectivity index (χ1) is 11.8. The number of benzene rings is 1. The van der Waals surface area contributed by atoms with Crippen molar-refractivity contribution in [2.75, 3.05) is 32.8 Å². The van der Waals surface area contributed by atoms with E-state index in [0.717, 1.165) is 44.4 Å². The molecule has 0 radical (unpaired) electrons. The summed E-state index contributed by atoms with van der Waals surface area (Å²) in [5, 5.41) is 9.52. The van der Waals surface area contributed by atoms with E-state index >= 15 is 0 Å². The van der Waals surface area contributed by atoms with E-state index in [9.17, 15) is 5.11 Å². The maximum atomic E-state index is 9.52. The highest BCUT2D eigenvalue weighted by molar-refractivity contribution is 5.33. The summed E-state index contributed by atoms with van der Waals surface area (Å²) in [6.45, 7) is 7.26. The molecular weight excluding hydrogens is 300 g/mol. The summed E-state index contributed by atoms with van der Waals surface area (Å²) in [6, 6.07) is 9.59. The summed E-state index contributed by atoms with van der Waals surface area (Å²) in [5.74, 6) is 1.00. The van der Waals surface area contributed by atoms with E-state index in [2.05, 4.69) is 28.0 Å². The third-order valence-corrected chi connectivity index (χ3v) is 5.59. The molecule has 4 nitrogen and oxygen atoms in total. The minimum absolute atomic E-state index is 0.271. The molecule has 0 spiro atoms. The second-order valence-corrected chi connectivity index (χ2v) is 7.11. The Bertz CT molecular complexity index is 502. The van der Waals surface area contributed by atoms with Crippen LogP contribution < -0.4 is 4.74 Å². The summed E-state index contributed by atoms with van der Waals surface area (Å²) >= 11 is 0. The number of rotatable bonds is 7. The quantitative estimate of drug-likeness (QED) is 0.833. The predicted octanol–water partition coefficient (Wildman–Crippen LogP) is 2.90. The van der Waals surface area contributed by atoms with Crippen LogP contribution in [0.1, 0.15) is 44.6 Å². The minimum atomic E-state index is 0.271. The van der Waals surface area contributed by atoms with Crippen molar-refractivity contribution < 1.29 is 9.84 Å². The lowest BCUT2D eigenvalue weighted by Gasteiger charge is -2.44. The lowest BCUT2D eigenvalue weighted by molar-refractivity contribution is 0.0322. The third-order valence-electron chi connectivity index (χ3n) is 5.59. The Labute approximate surface area is 146 Å². The molecule has 1 saturated carbocycles. The highest BCUT2D eigenvalue weighted by Crippen LogP contribution is 2.28. The fourth-order valence-corrected chi connectivity index (χ4v) is 4.30. The molecule has 1 aromatic rings. The molecule has 1 aliphatic heterocycles. The Hall–Kier alpha value is -1.10. The molecule has 0 amide bonds. The Morgan fingerprint density at radius 2 is 1.96 bits per heavy atom. The van der Waals surface area contributed by atoms with Crippen molar-refractivity contribution in [3.8, 4) is 5.75 Å². The first kappa shape index (κ1) is 17.7. The van der Waals surface area contributed by atoms with E-state index in [1.807, 2.05) is 13.0 Å². The lowest BCUT2D eigenvalue weighted by atomic mass is 10.0. The van der Waals surface area contributed by atoms with Gasteiger partial charge in [0.1, 0.15) is 5.75 Å². The van der Waals surface area contributed by atoms with Crippen LogP contribution in [0.2, 0.25) is 0 Å². The Balaban J connectivity index is 1.66. The van der Waals surface area contributed by atoms with Gasteiger partial charge in [0.25, 0.3) is 0 Å². The zero-order chi connectivity index (χ0) is 16.8. The molecule has 1 atom stereocenters. The van der Waals surface area contributed by atoms with Crippen LogP contribution in [0, 0.1) is 0 Å². The van der Waals surface area contributed by atoms with Crippen LogP contribution >= 0.6 is 0 Å². The number of hydrogen-bond acceptors (Lipinski definition) is 4. The summed E-state index contributed by atoms with van der Waals surface area (Å²) < 4.78 is 5.79. The van der Waals surface area contributed by atoms with Crippen molar-refractivity contribution >= 4 is 0 Å². The van der Waals surface area contributed by atoms with Crippen LogP contribution in [0.4, 0.5) is 0 Å². The normalized spacial score (nSPS) is 23.7. The average Bonchev–Trinajstić information content (AvgIpc) is 3.13. The van der Waals surface area contributed by atoms with Crippen LogP contribution in [-0.2, 0) is 6.54 Å². The molecule has 1 N–H and O–H groups in total. The summed E-state index contributed by atoms with van der Waals surface area (Å²) in [4.78, 5) is 5.22. The van der Waals surface area contributed by atoms with Crippen molar-refractivity contribution in [1.29, 1.82) is 0 Å². The van der Waals surface area contributed by atoms with Gasteiger partial charge in [-0.3, -0.25) is 9.80 Å². The van der Waals surface area contributed by atoms with Gasteiger partial charge < -0.3 is 9.84 Å². The number of hydrogen-bond donors (Lipinski definition) is 1. The summed E-state index contributed by atoms with van der Waals surface area (Å²) in [5.41, 5.74) is 1.26. The average molecular weight is 332 g/mol. The number of nitrogens with zero attached hydrogens (tertiary/aromatic N) is 2. The van der Waals surface area contributed by atoms with Crippen LogP contribution in [0.5, 0.6) is 5.75 Å². The van der Waals surface area contributed by atoms with Gasteiger partial charge in [-0.2, -0.15) is 0 Å². The SMILES string of the molecule is CCOc1ccccc1CN1CCN(C2CCCC2)CC1CCO. The number of ether oxygens (including phenoxy) is 1. The highest BCUT2D eigenvalue weighted by atomic mass is 16.5. The van der Waals surface area contributed by atoms with Gasteiger partial charge in [0.05, 0.1) is 6.61 Å². The number of para-hydroxylation sites is 1. The van der Waals surface area contributed by atoms with E-state index in [1.54, 1.807) is 0 Å². The van der Waals surface area contributed by atoms with Gasteiger partial charge in [0.2, 0.25) is 0 Å². The molecule has 2 fully saturated rings. The van der Waals surface area contributed by atoms with E-state index in [0.29, 0.717) is 12.6 Å². The summed E-state index contributed by atoms with van der Waals surface area (Å²) in [6.07, 6.45) is 6.35. The van der Waals surface area contributed by atoms with E-state index in [1.165, 1.54) is 31.2 Å². The molecule has 0 bridgehead atoms. The number of aliphatic hydroxyl groups excluding tert-OH is 1. The topological polar surface area (TPSA) is 35.9 Å². The largest absolute Gasteiger partial charge is 0.494 e. The van der Waals surface area contributed by atoms with Crippen LogP contribution in [0.25, 0.3) is 0 Å². The second kappa shape index (κ2) is 8.84. The minimum Gasteiger partial charge on any atom is -0.494 e. The van der Waals surface area contributed by atoms with Gasteiger partial charge in [0.15, 0.2) is 0 Å². The smallest absolute Gasteiger partial charge is 0.123 e. The second-order valence-electron chi connectivity index (χ2n) is 7.11. The Kier molecular flexibility index (Phi) is 6.52. The van der Waals surface area contributed by atoms with Gasteiger partial charge in [-0.25, -0.2) is 0 Å².